The fraction of sp³-hybridized carbons (Fsp3) is 0.556. The Morgan fingerprint density at radius 2 is 1.40 bits per heavy atom. The van der Waals surface area contributed by atoms with Crippen LogP contribution in [0.25, 0.3) is 0 Å². The monoisotopic (exact) mass is 216 g/mol. The highest BCUT2D eigenvalue weighted by Gasteiger charge is 2.12. The van der Waals surface area contributed by atoms with E-state index >= 15 is 0 Å². The summed E-state index contributed by atoms with van der Waals surface area (Å²) in [5, 5.41) is 16.5. The van der Waals surface area contributed by atoms with E-state index in [9.17, 15) is 19.2 Å². The summed E-state index contributed by atoms with van der Waals surface area (Å²) in [4.78, 5) is 41.7. The third kappa shape index (κ3) is 7.36. The molecule has 15 heavy (non-hydrogen) atoms. The number of aliphatic carboxylic acids is 2. The van der Waals surface area contributed by atoms with Crippen molar-refractivity contribution in [2.45, 2.75) is 32.1 Å². The molecule has 0 fully saturated rings. The van der Waals surface area contributed by atoms with Crippen molar-refractivity contribution in [1.82, 2.24) is 0 Å². The van der Waals surface area contributed by atoms with Gasteiger partial charge in [-0.25, -0.2) is 4.79 Å². The van der Waals surface area contributed by atoms with Crippen LogP contribution in [-0.2, 0) is 19.2 Å². The van der Waals surface area contributed by atoms with Gasteiger partial charge in [-0.05, 0) is 6.42 Å². The number of carboxylic acids is 2. The summed E-state index contributed by atoms with van der Waals surface area (Å²) >= 11 is 0. The first-order valence-corrected chi connectivity index (χ1v) is 4.43. The van der Waals surface area contributed by atoms with Crippen LogP contribution < -0.4 is 0 Å². The van der Waals surface area contributed by atoms with Gasteiger partial charge in [-0.3, -0.25) is 14.4 Å². The third-order valence-electron chi connectivity index (χ3n) is 1.72. The summed E-state index contributed by atoms with van der Waals surface area (Å²) in [6.07, 6.45) is -0.285. The van der Waals surface area contributed by atoms with Gasteiger partial charge in [-0.15, -0.1) is 0 Å². The molecule has 0 heterocycles. The Morgan fingerprint density at radius 3 is 1.87 bits per heavy atom. The van der Waals surface area contributed by atoms with Crippen LogP contribution in [0.3, 0.4) is 0 Å². The molecule has 0 aliphatic carbocycles. The van der Waals surface area contributed by atoms with Gasteiger partial charge < -0.3 is 10.2 Å². The minimum atomic E-state index is -1.51. The highest BCUT2D eigenvalue weighted by molar-refractivity contribution is 6.32. The molecule has 0 aliphatic heterocycles. The Bertz CT molecular complexity index is 280. The first-order chi connectivity index (χ1) is 6.93. The van der Waals surface area contributed by atoms with E-state index in [4.69, 9.17) is 10.2 Å². The van der Waals surface area contributed by atoms with Gasteiger partial charge in [0.15, 0.2) is 0 Å². The number of carbonyl (C=O) groups is 4. The van der Waals surface area contributed by atoms with Gasteiger partial charge in [-0.1, -0.05) is 0 Å². The topological polar surface area (TPSA) is 109 Å². The summed E-state index contributed by atoms with van der Waals surface area (Å²) in [6.45, 7) is 0. The largest absolute Gasteiger partial charge is 0.481 e. The molecule has 6 nitrogen and oxygen atoms in total. The second kappa shape index (κ2) is 6.69. The first kappa shape index (κ1) is 13.3. The smallest absolute Gasteiger partial charge is 0.372 e. The molecule has 0 atom stereocenters. The number of ketones is 2. The Kier molecular flexibility index (Phi) is 5.92. The van der Waals surface area contributed by atoms with Gasteiger partial charge in [0, 0.05) is 19.3 Å². The lowest BCUT2D eigenvalue weighted by Crippen LogP contribution is -2.12. The summed E-state index contributed by atoms with van der Waals surface area (Å²) < 4.78 is 0. The molecule has 2 N–H and O–H groups in total. The zero-order valence-electron chi connectivity index (χ0n) is 8.06. The van der Waals surface area contributed by atoms with Crippen LogP contribution in [0.15, 0.2) is 0 Å². The van der Waals surface area contributed by atoms with E-state index in [1.54, 1.807) is 0 Å². The van der Waals surface area contributed by atoms with Gasteiger partial charge in [0.25, 0.3) is 0 Å². The highest BCUT2D eigenvalue weighted by atomic mass is 16.4. The van der Waals surface area contributed by atoms with Crippen molar-refractivity contribution in [2.75, 3.05) is 0 Å². The molecule has 0 amide bonds. The lowest BCUT2D eigenvalue weighted by Gasteiger charge is -1.97. The number of carboxylic acid groups (broad SMARTS) is 2. The van der Waals surface area contributed by atoms with Gasteiger partial charge in [-0.2, -0.15) is 0 Å². The first-order valence-electron chi connectivity index (χ1n) is 4.43. The minimum absolute atomic E-state index is 0.0479. The van der Waals surface area contributed by atoms with E-state index in [0.29, 0.717) is 0 Å². The molecule has 84 valence electrons. The molecule has 0 saturated carbocycles. The van der Waals surface area contributed by atoms with Crippen molar-refractivity contribution in [3.05, 3.63) is 0 Å². The van der Waals surface area contributed by atoms with E-state index < -0.39 is 17.7 Å². The van der Waals surface area contributed by atoms with E-state index in [1.165, 1.54) is 0 Å². The fourth-order valence-electron chi connectivity index (χ4n) is 0.924. The van der Waals surface area contributed by atoms with E-state index in [0.717, 1.165) is 0 Å². The fourth-order valence-corrected chi connectivity index (χ4v) is 0.924. The third-order valence-corrected chi connectivity index (χ3v) is 1.72. The molecular weight excluding hydrogens is 204 g/mol. The van der Waals surface area contributed by atoms with E-state index in [1.807, 2.05) is 0 Å². The molecule has 0 bridgehead atoms. The number of Topliss-reactive ketones (excluding diaryl/α,β-unsaturated/α-hetero) is 2. The predicted octanol–water partition coefficient (Wildman–Crippen LogP) is 0.244. The molecule has 0 aromatic carbocycles. The maximum Gasteiger partial charge on any atom is 0.372 e. The summed E-state index contributed by atoms with van der Waals surface area (Å²) in [7, 11) is 0. The molecule has 0 aromatic rings. The second-order valence-electron chi connectivity index (χ2n) is 3.01. The SMILES string of the molecule is O=C(O)CCC(=O)CCCC(=O)C(=O)O. The molecule has 0 aliphatic rings. The number of hydrogen-bond acceptors (Lipinski definition) is 4. The van der Waals surface area contributed by atoms with Gasteiger partial charge in [0.2, 0.25) is 5.78 Å². The van der Waals surface area contributed by atoms with Crippen molar-refractivity contribution < 1.29 is 29.4 Å². The molecule has 0 unspecified atom stereocenters. The highest BCUT2D eigenvalue weighted by Crippen LogP contribution is 2.02. The number of rotatable bonds is 8. The molecule has 6 heteroatoms. The molecule has 0 spiro atoms. The molecule has 0 radical (unpaired) electrons. The lowest BCUT2D eigenvalue weighted by molar-refractivity contribution is -0.149. The minimum Gasteiger partial charge on any atom is -0.481 e. The maximum absolute atomic E-state index is 11.0. The standard InChI is InChI=1S/C9H12O6/c10-6(4-5-8(12)13)2-1-3-7(11)9(14)15/h1-5H2,(H,12,13)(H,14,15). The van der Waals surface area contributed by atoms with Crippen molar-refractivity contribution in [3.8, 4) is 0 Å². The van der Waals surface area contributed by atoms with Crippen molar-refractivity contribution in [3.63, 3.8) is 0 Å². The second-order valence-corrected chi connectivity index (χ2v) is 3.01. The summed E-state index contributed by atoms with van der Waals surface area (Å²) in [5.74, 6) is -3.76. The Labute approximate surface area is 85.9 Å². The maximum atomic E-state index is 11.0. The number of carbonyl (C=O) groups excluding carboxylic acids is 2. The van der Waals surface area contributed by atoms with Crippen LogP contribution in [0.2, 0.25) is 0 Å². The average Bonchev–Trinajstić information content (AvgIpc) is 2.14. The molecule has 0 saturated heterocycles. The summed E-state index contributed by atoms with van der Waals surface area (Å²) in [6, 6.07) is 0. The van der Waals surface area contributed by atoms with Gasteiger partial charge in [0.1, 0.15) is 5.78 Å². The quantitative estimate of drug-likeness (QED) is 0.562. The average molecular weight is 216 g/mol. The van der Waals surface area contributed by atoms with Gasteiger partial charge >= 0.3 is 11.9 Å². The van der Waals surface area contributed by atoms with Crippen molar-refractivity contribution in [2.24, 2.45) is 0 Å². The van der Waals surface area contributed by atoms with E-state index in [-0.39, 0.29) is 37.9 Å². The predicted molar refractivity (Wildman–Crippen MR) is 48.4 cm³/mol. The van der Waals surface area contributed by atoms with Crippen molar-refractivity contribution in [1.29, 1.82) is 0 Å². The molecule has 0 aromatic heterocycles. The number of hydrogen-bond donors (Lipinski definition) is 2. The Morgan fingerprint density at radius 1 is 0.800 bits per heavy atom. The molecule has 0 rings (SSSR count). The van der Waals surface area contributed by atoms with Gasteiger partial charge in [0.05, 0.1) is 6.42 Å². The summed E-state index contributed by atoms with van der Waals surface area (Å²) in [5.41, 5.74) is 0. The zero-order valence-corrected chi connectivity index (χ0v) is 8.06. The zero-order chi connectivity index (χ0) is 11.8. The normalized spacial score (nSPS) is 9.60. The Hall–Kier alpha value is -1.72. The van der Waals surface area contributed by atoms with Crippen LogP contribution in [0, 0.1) is 0 Å². The lowest BCUT2D eigenvalue weighted by atomic mass is 10.1. The van der Waals surface area contributed by atoms with Crippen LogP contribution >= 0.6 is 0 Å². The van der Waals surface area contributed by atoms with Crippen LogP contribution in [0.4, 0.5) is 0 Å². The molecular formula is C9H12O6. The van der Waals surface area contributed by atoms with E-state index in [2.05, 4.69) is 0 Å². The van der Waals surface area contributed by atoms with Crippen molar-refractivity contribution >= 4 is 23.5 Å². The van der Waals surface area contributed by atoms with Crippen LogP contribution in [0.5, 0.6) is 0 Å². The van der Waals surface area contributed by atoms with Crippen LogP contribution in [-0.4, -0.2) is 33.7 Å². The Balaban J connectivity index is 3.59. The van der Waals surface area contributed by atoms with Crippen LogP contribution in [0.1, 0.15) is 32.1 Å².